The van der Waals surface area contributed by atoms with Crippen molar-refractivity contribution in [3.05, 3.63) is 6.42 Å². The minimum Gasteiger partial charge on any atom is -0.0654 e. The molecule has 0 amide bonds. The molecule has 1 radical (unpaired) electrons. The van der Waals surface area contributed by atoms with Crippen LogP contribution in [0.3, 0.4) is 0 Å². The predicted octanol–water partition coefficient (Wildman–Crippen LogP) is 8.50. The normalized spacial score (nSPS) is 12.7. The monoisotopic (exact) mass is 309 g/mol. The third-order valence-corrected chi connectivity index (χ3v) is 5.02. The minimum atomic E-state index is 0.891. The summed E-state index contributed by atoms with van der Waals surface area (Å²) in [5, 5.41) is 0. The van der Waals surface area contributed by atoms with Crippen LogP contribution in [0, 0.1) is 12.3 Å². The summed E-state index contributed by atoms with van der Waals surface area (Å²) < 4.78 is 0. The Hall–Kier alpha value is 0. The summed E-state index contributed by atoms with van der Waals surface area (Å²) >= 11 is 0. The highest BCUT2D eigenvalue weighted by Gasteiger charge is 2.04. The van der Waals surface area contributed by atoms with Gasteiger partial charge in [0.25, 0.3) is 0 Å². The first-order valence-corrected chi connectivity index (χ1v) is 10.7. The molecule has 0 aromatic heterocycles. The smallest absolute Gasteiger partial charge is 0.0358 e. The molecule has 0 saturated carbocycles. The van der Waals surface area contributed by atoms with E-state index >= 15 is 0 Å². The molecule has 133 valence electrons. The molecule has 0 heterocycles. The third-order valence-electron chi connectivity index (χ3n) is 5.02. The first-order chi connectivity index (χ1) is 10.8. The maximum atomic E-state index is 2.52. The summed E-state index contributed by atoms with van der Waals surface area (Å²) in [5.41, 5.74) is 0. The quantitative estimate of drug-likeness (QED) is 0.223. The predicted molar refractivity (Wildman–Crippen MR) is 103 cm³/mol. The van der Waals surface area contributed by atoms with E-state index in [1.165, 1.54) is 109 Å². The van der Waals surface area contributed by atoms with Crippen LogP contribution in [-0.4, -0.2) is 0 Å². The van der Waals surface area contributed by atoms with E-state index in [1.54, 1.807) is 0 Å². The second-order valence-electron chi connectivity index (χ2n) is 7.20. The van der Waals surface area contributed by atoms with Crippen LogP contribution in [0.1, 0.15) is 130 Å². The van der Waals surface area contributed by atoms with Crippen LogP contribution in [-0.2, 0) is 0 Å². The van der Waals surface area contributed by atoms with Gasteiger partial charge in [0, 0.05) is 0 Å². The SMILES string of the molecule is CC[CH]C(CC)CCCCCCCCCCCCCCCC. The van der Waals surface area contributed by atoms with Crippen molar-refractivity contribution in [1.82, 2.24) is 0 Å². The fraction of sp³-hybridized carbons (Fsp3) is 0.955. The van der Waals surface area contributed by atoms with E-state index in [0.29, 0.717) is 0 Å². The summed E-state index contributed by atoms with van der Waals surface area (Å²) in [4.78, 5) is 0. The highest BCUT2D eigenvalue weighted by molar-refractivity contribution is 4.73. The lowest BCUT2D eigenvalue weighted by Crippen LogP contribution is -1.98. The van der Waals surface area contributed by atoms with Gasteiger partial charge in [-0.05, 0) is 12.3 Å². The molecule has 0 aliphatic heterocycles. The molecule has 0 aromatic rings. The molecule has 0 heteroatoms. The Balaban J connectivity index is 3.08. The summed E-state index contributed by atoms with van der Waals surface area (Å²) in [6.45, 7) is 6.90. The second-order valence-corrected chi connectivity index (χ2v) is 7.20. The Morgan fingerprint density at radius 3 is 1.32 bits per heavy atom. The number of hydrogen-bond acceptors (Lipinski definition) is 0. The van der Waals surface area contributed by atoms with Crippen molar-refractivity contribution in [1.29, 1.82) is 0 Å². The zero-order valence-electron chi connectivity index (χ0n) is 16.2. The van der Waals surface area contributed by atoms with Crippen LogP contribution in [0.2, 0.25) is 0 Å². The van der Waals surface area contributed by atoms with Gasteiger partial charge in [0.1, 0.15) is 0 Å². The van der Waals surface area contributed by atoms with E-state index in [-0.39, 0.29) is 0 Å². The van der Waals surface area contributed by atoms with Gasteiger partial charge in [0.2, 0.25) is 0 Å². The fourth-order valence-corrected chi connectivity index (χ4v) is 3.42. The molecule has 0 saturated heterocycles. The molecule has 0 bridgehead atoms. The van der Waals surface area contributed by atoms with Gasteiger partial charge < -0.3 is 0 Å². The van der Waals surface area contributed by atoms with Gasteiger partial charge in [-0.3, -0.25) is 0 Å². The third kappa shape index (κ3) is 16.4. The lowest BCUT2D eigenvalue weighted by Gasteiger charge is -2.12. The Labute approximate surface area is 142 Å². The van der Waals surface area contributed by atoms with E-state index in [1.807, 2.05) is 0 Å². The molecule has 1 atom stereocenters. The van der Waals surface area contributed by atoms with Crippen LogP contribution >= 0.6 is 0 Å². The number of rotatable bonds is 18. The van der Waals surface area contributed by atoms with Gasteiger partial charge in [-0.15, -0.1) is 0 Å². The maximum absolute atomic E-state index is 2.52. The Morgan fingerprint density at radius 2 is 0.955 bits per heavy atom. The molecule has 0 spiro atoms. The van der Waals surface area contributed by atoms with Gasteiger partial charge >= 0.3 is 0 Å². The summed E-state index contributed by atoms with van der Waals surface area (Å²) in [6, 6.07) is 0. The average Bonchev–Trinajstić information content (AvgIpc) is 2.54. The van der Waals surface area contributed by atoms with Crippen molar-refractivity contribution in [3.8, 4) is 0 Å². The molecule has 22 heavy (non-hydrogen) atoms. The largest absolute Gasteiger partial charge is 0.0654 e. The lowest BCUT2D eigenvalue weighted by atomic mass is 9.94. The van der Waals surface area contributed by atoms with Crippen LogP contribution in [0.25, 0.3) is 0 Å². The average molecular weight is 310 g/mol. The Morgan fingerprint density at radius 1 is 0.545 bits per heavy atom. The maximum Gasteiger partial charge on any atom is -0.0358 e. The highest BCUT2D eigenvalue weighted by atomic mass is 14.1. The van der Waals surface area contributed by atoms with Crippen molar-refractivity contribution in [2.24, 2.45) is 5.92 Å². The van der Waals surface area contributed by atoms with Gasteiger partial charge in [-0.2, -0.15) is 0 Å². The molecule has 0 aliphatic carbocycles. The van der Waals surface area contributed by atoms with Crippen molar-refractivity contribution in [2.75, 3.05) is 0 Å². The van der Waals surface area contributed by atoms with Crippen LogP contribution in [0.4, 0.5) is 0 Å². The number of hydrogen-bond donors (Lipinski definition) is 0. The standard InChI is InChI=1S/C22H45/c1-4-7-8-9-10-11-12-13-14-15-16-17-18-19-21-22(6-3)20-5-2/h20,22H,4-19,21H2,1-3H3. The van der Waals surface area contributed by atoms with Gasteiger partial charge in [-0.25, -0.2) is 0 Å². The molecule has 0 nitrogen and oxygen atoms in total. The minimum absolute atomic E-state index is 0.891. The molecule has 0 fully saturated rings. The topological polar surface area (TPSA) is 0 Å². The molecule has 0 rings (SSSR count). The van der Waals surface area contributed by atoms with E-state index in [9.17, 15) is 0 Å². The zero-order chi connectivity index (χ0) is 16.3. The van der Waals surface area contributed by atoms with E-state index < -0.39 is 0 Å². The lowest BCUT2D eigenvalue weighted by molar-refractivity contribution is 0.473. The first-order valence-electron chi connectivity index (χ1n) is 10.7. The molecular weight excluding hydrogens is 264 g/mol. The Bertz CT molecular complexity index is 184. The van der Waals surface area contributed by atoms with Gasteiger partial charge in [0.05, 0.1) is 0 Å². The van der Waals surface area contributed by atoms with E-state index in [2.05, 4.69) is 27.2 Å². The van der Waals surface area contributed by atoms with Crippen LogP contribution < -0.4 is 0 Å². The second kappa shape index (κ2) is 19.0. The fourth-order valence-electron chi connectivity index (χ4n) is 3.42. The molecule has 0 aromatic carbocycles. The molecule has 0 N–H and O–H groups in total. The van der Waals surface area contributed by atoms with Crippen molar-refractivity contribution in [3.63, 3.8) is 0 Å². The van der Waals surface area contributed by atoms with Crippen LogP contribution in [0.15, 0.2) is 0 Å². The van der Waals surface area contributed by atoms with E-state index in [4.69, 9.17) is 0 Å². The summed E-state index contributed by atoms with van der Waals surface area (Å²) in [6.07, 6.45) is 27.0. The van der Waals surface area contributed by atoms with Crippen molar-refractivity contribution >= 4 is 0 Å². The molecule has 1 unspecified atom stereocenters. The van der Waals surface area contributed by atoms with Gasteiger partial charge in [0.15, 0.2) is 0 Å². The van der Waals surface area contributed by atoms with Gasteiger partial charge in [-0.1, -0.05) is 130 Å². The molecule has 0 aliphatic rings. The molecular formula is C22H45. The summed E-state index contributed by atoms with van der Waals surface area (Å²) in [5.74, 6) is 0.891. The number of unbranched alkanes of at least 4 members (excludes halogenated alkanes) is 13. The van der Waals surface area contributed by atoms with Crippen LogP contribution in [0.5, 0.6) is 0 Å². The highest BCUT2D eigenvalue weighted by Crippen LogP contribution is 2.19. The van der Waals surface area contributed by atoms with Crippen molar-refractivity contribution in [2.45, 2.75) is 130 Å². The van der Waals surface area contributed by atoms with E-state index in [0.717, 1.165) is 5.92 Å². The first kappa shape index (κ1) is 22.0. The zero-order valence-corrected chi connectivity index (χ0v) is 16.2. The van der Waals surface area contributed by atoms with Crippen molar-refractivity contribution < 1.29 is 0 Å². The Kier molecular flexibility index (Phi) is 19.0. The summed E-state index contributed by atoms with van der Waals surface area (Å²) in [7, 11) is 0.